The van der Waals surface area contributed by atoms with Crippen molar-refractivity contribution in [2.45, 2.75) is 4.90 Å². The van der Waals surface area contributed by atoms with E-state index in [1.807, 2.05) is 0 Å². The third-order valence-electron chi connectivity index (χ3n) is 4.94. The number of anilines is 2. The number of nitrogens with zero attached hydrogens (tertiary/aromatic N) is 1. The minimum Gasteiger partial charge on any atom is -0.493 e. The number of carbonyl (C=O) groups is 2. The number of benzene rings is 3. The predicted molar refractivity (Wildman–Crippen MR) is 127 cm³/mol. The topological polar surface area (TPSA) is 111 Å². The van der Waals surface area contributed by atoms with Crippen molar-refractivity contribution < 1.29 is 36.6 Å². The van der Waals surface area contributed by atoms with Crippen LogP contribution in [0.1, 0.15) is 10.4 Å². The van der Waals surface area contributed by atoms with Gasteiger partial charge < -0.3 is 19.5 Å². The molecule has 1 N–H and O–H groups in total. The molecule has 0 bridgehead atoms. The first kappa shape index (κ1) is 25.5. The number of ether oxygens (including phenoxy) is 3. The average molecular weight is 503 g/mol. The van der Waals surface area contributed by atoms with E-state index in [9.17, 15) is 22.4 Å². The third kappa shape index (κ3) is 5.69. The highest BCUT2D eigenvalue weighted by atomic mass is 32.2. The number of esters is 1. The van der Waals surface area contributed by atoms with Crippen LogP contribution in [-0.2, 0) is 19.6 Å². The molecule has 0 saturated carbocycles. The first-order valence-electron chi connectivity index (χ1n) is 10.2. The van der Waals surface area contributed by atoms with E-state index in [1.165, 1.54) is 45.6 Å². The number of amides is 1. The Morgan fingerprint density at radius 1 is 0.914 bits per heavy atom. The van der Waals surface area contributed by atoms with E-state index in [4.69, 9.17) is 14.2 Å². The normalized spacial score (nSPS) is 10.9. The van der Waals surface area contributed by atoms with Gasteiger partial charge in [0.05, 0.1) is 43.2 Å². The van der Waals surface area contributed by atoms with E-state index in [1.54, 1.807) is 18.2 Å². The Bertz CT molecular complexity index is 1310. The minimum absolute atomic E-state index is 0.0221. The number of carbonyl (C=O) groups excluding carboxylic acids is 2. The zero-order valence-electron chi connectivity index (χ0n) is 19.1. The molecule has 0 atom stereocenters. The standard InChI is InChI=1S/C24H23FN2O7S/c1-32-21-13-19(24(29)34-3)20(14-22(21)33-2)26-23(28)15-27(17-7-5-4-6-8-17)35(30,31)18-11-9-16(25)10-12-18/h4-14H,15H2,1-3H3,(H,26,28). The maximum absolute atomic E-state index is 13.4. The fourth-order valence-electron chi connectivity index (χ4n) is 3.22. The Balaban J connectivity index is 1.99. The number of sulfonamides is 1. The summed E-state index contributed by atoms with van der Waals surface area (Å²) in [5.41, 5.74) is 0.227. The largest absolute Gasteiger partial charge is 0.493 e. The summed E-state index contributed by atoms with van der Waals surface area (Å²) in [6.07, 6.45) is 0. The lowest BCUT2D eigenvalue weighted by atomic mass is 10.1. The molecule has 9 nitrogen and oxygen atoms in total. The summed E-state index contributed by atoms with van der Waals surface area (Å²) in [5.74, 6) is -1.64. The molecular weight excluding hydrogens is 479 g/mol. The first-order chi connectivity index (χ1) is 16.7. The molecule has 35 heavy (non-hydrogen) atoms. The van der Waals surface area contributed by atoms with Crippen LogP contribution < -0.4 is 19.1 Å². The predicted octanol–water partition coefficient (Wildman–Crippen LogP) is 3.46. The Kier molecular flexibility index (Phi) is 7.92. The number of hydrogen-bond acceptors (Lipinski definition) is 7. The number of halogens is 1. The molecule has 3 aromatic rings. The van der Waals surface area contributed by atoms with Crippen molar-refractivity contribution in [2.24, 2.45) is 0 Å². The average Bonchev–Trinajstić information content (AvgIpc) is 2.87. The minimum atomic E-state index is -4.24. The summed E-state index contributed by atoms with van der Waals surface area (Å²) in [6, 6.07) is 14.9. The third-order valence-corrected chi connectivity index (χ3v) is 6.72. The Morgan fingerprint density at radius 2 is 1.51 bits per heavy atom. The molecular formula is C24H23FN2O7S. The van der Waals surface area contributed by atoms with Crippen LogP contribution in [0.5, 0.6) is 11.5 Å². The molecule has 3 rings (SSSR count). The van der Waals surface area contributed by atoms with Gasteiger partial charge in [0.1, 0.15) is 12.4 Å². The summed E-state index contributed by atoms with van der Waals surface area (Å²) in [6.45, 7) is -0.640. The Morgan fingerprint density at radius 3 is 2.09 bits per heavy atom. The van der Waals surface area contributed by atoms with Crippen LogP contribution in [0, 0.1) is 5.82 Å². The SMILES string of the molecule is COC(=O)c1cc(OC)c(OC)cc1NC(=O)CN(c1ccccc1)S(=O)(=O)c1ccc(F)cc1. The molecule has 0 aliphatic rings. The number of methoxy groups -OCH3 is 3. The molecule has 0 aliphatic heterocycles. The van der Waals surface area contributed by atoms with Crippen LogP contribution in [0.15, 0.2) is 71.6 Å². The lowest BCUT2D eigenvalue weighted by Crippen LogP contribution is -2.38. The van der Waals surface area contributed by atoms with E-state index in [0.717, 1.165) is 28.6 Å². The highest BCUT2D eigenvalue weighted by Crippen LogP contribution is 2.34. The van der Waals surface area contributed by atoms with Crippen LogP contribution in [0.25, 0.3) is 0 Å². The van der Waals surface area contributed by atoms with E-state index in [2.05, 4.69) is 5.32 Å². The smallest absolute Gasteiger partial charge is 0.340 e. The zero-order chi connectivity index (χ0) is 25.6. The number of rotatable bonds is 9. The van der Waals surface area contributed by atoms with Gasteiger partial charge in [-0.25, -0.2) is 17.6 Å². The van der Waals surface area contributed by atoms with Crippen LogP contribution in [0.3, 0.4) is 0 Å². The summed E-state index contributed by atoms with van der Waals surface area (Å²) in [7, 11) is -0.299. The van der Waals surface area contributed by atoms with Crippen molar-refractivity contribution in [3.05, 3.63) is 78.1 Å². The van der Waals surface area contributed by atoms with Gasteiger partial charge >= 0.3 is 5.97 Å². The summed E-state index contributed by atoms with van der Waals surface area (Å²) >= 11 is 0. The number of nitrogens with one attached hydrogen (secondary N) is 1. The highest BCUT2D eigenvalue weighted by molar-refractivity contribution is 7.92. The van der Waals surface area contributed by atoms with Crippen LogP contribution in [-0.4, -0.2) is 48.2 Å². The van der Waals surface area contributed by atoms with Gasteiger partial charge in [-0.15, -0.1) is 0 Å². The summed E-state index contributed by atoms with van der Waals surface area (Å²) in [4.78, 5) is 25.1. The molecule has 0 saturated heterocycles. The molecule has 184 valence electrons. The number of hydrogen-bond donors (Lipinski definition) is 1. The van der Waals surface area contributed by atoms with Gasteiger partial charge in [-0.1, -0.05) is 18.2 Å². The van der Waals surface area contributed by atoms with Gasteiger partial charge in [0.25, 0.3) is 10.0 Å². The molecule has 0 fully saturated rings. The molecule has 0 heterocycles. The monoisotopic (exact) mass is 502 g/mol. The van der Waals surface area contributed by atoms with Crippen LogP contribution in [0.2, 0.25) is 0 Å². The van der Waals surface area contributed by atoms with Gasteiger partial charge in [0, 0.05) is 12.1 Å². The zero-order valence-corrected chi connectivity index (χ0v) is 20.0. The van der Waals surface area contributed by atoms with Gasteiger partial charge in [0.15, 0.2) is 11.5 Å². The number of para-hydroxylation sites is 1. The Labute approximate surface area is 202 Å². The van der Waals surface area contributed by atoms with E-state index >= 15 is 0 Å². The van der Waals surface area contributed by atoms with E-state index in [-0.39, 0.29) is 33.3 Å². The lowest BCUT2D eigenvalue weighted by molar-refractivity contribution is -0.114. The quantitative estimate of drug-likeness (QED) is 0.446. The lowest BCUT2D eigenvalue weighted by Gasteiger charge is -2.24. The molecule has 11 heteroatoms. The second-order valence-electron chi connectivity index (χ2n) is 7.09. The first-order valence-corrected chi connectivity index (χ1v) is 11.6. The van der Waals surface area contributed by atoms with Gasteiger partial charge in [0.2, 0.25) is 5.91 Å². The molecule has 1 amide bonds. The van der Waals surface area contributed by atoms with Crippen molar-refractivity contribution in [1.82, 2.24) is 0 Å². The van der Waals surface area contributed by atoms with Crippen LogP contribution >= 0.6 is 0 Å². The molecule has 0 unspecified atom stereocenters. The van der Waals surface area contributed by atoms with E-state index in [0.29, 0.717) is 0 Å². The van der Waals surface area contributed by atoms with E-state index < -0.39 is 34.3 Å². The van der Waals surface area contributed by atoms with Crippen molar-refractivity contribution in [2.75, 3.05) is 37.5 Å². The Hall–Kier alpha value is -4.12. The maximum atomic E-state index is 13.4. The summed E-state index contributed by atoms with van der Waals surface area (Å²) < 4.78 is 56.2. The fourth-order valence-corrected chi connectivity index (χ4v) is 4.65. The van der Waals surface area contributed by atoms with Crippen LogP contribution in [0.4, 0.5) is 15.8 Å². The van der Waals surface area contributed by atoms with Gasteiger partial charge in [-0.2, -0.15) is 0 Å². The maximum Gasteiger partial charge on any atom is 0.340 e. The molecule has 0 spiro atoms. The molecule has 0 radical (unpaired) electrons. The second kappa shape index (κ2) is 10.9. The molecule has 3 aromatic carbocycles. The van der Waals surface area contributed by atoms with Crippen molar-refractivity contribution in [3.63, 3.8) is 0 Å². The molecule has 0 aromatic heterocycles. The van der Waals surface area contributed by atoms with Crippen molar-refractivity contribution in [1.29, 1.82) is 0 Å². The van der Waals surface area contributed by atoms with Crippen molar-refractivity contribution >= 4 is 33.3 Å². The summed E-state index contributed by atoms with van der Waals surface area (Å²) in [5, 5.41) is 2.54. The van der Waals surface area contributed by atoms with Gasteiger partial charge in [-0.3, -0.25) is 9.10 Å². The van der Waals surface area contributed by atoms with Crippen molar-refractivity contribution in [3.8, 4) is 11.5 Å². The highest BCUT2D eigenvalue weighted by Gasteiger charge is 2.28. The second-order valence-corrected chi connectivity index (χ2v) is 8.96. The van der Waals surface area contributed by atoms with Gasteiger partial charge in [-0.05, 0) is 36.4 Å². The molecule has 0 aliphatic carbocycles. The fraction of sp³-hybridized carbons (Fsp3) is 0.167.